The van der Waals surface area contributed by atoms with Crippen LogP contribution in [0.25, 0.3) is 0 Å². The molecule has 0 aliphatic rings. The van der Waals surface area contributed by atoms with Crippen molar-refractivity contribution in [2.45, 2.75) is 40.7 Å². The zero-order chi connectivity index (χ0) is 8.57. The van der Waals surface area contributed by atoms with Gasteiger partial charge in [-0.1, -0.05) is 20.8 Å². The van der Waals surface area contributed by atoms with Crippen LogP contribution < -0.4 is 0 Å². The molecule has 0 N–H and O–H groups in total. The molecule has 0 aliphatic carbocycles. The van der Waals surface area contributed by atoms with E-state index in [1.165, 1.54) is 6.08 Å². The van der Waals surface area contributed by atoms with E-state index in [1.54, 1.807) is 0 Å². The smallest absolute Gasteiger partial charge is 0.211 e. The minimum absolute atomic E-state index is 0.0995. The fourth-order valence-corrected chi connectivity index (χ4v) is 0.105. The molecule has 0 unspecified atom stereocenters. The maximum Gasteiger partial charge on any atom is 0.235 e. The van der Waals surface area contributed by atoms with Crippen molar-refractivity contribution in [1.29, 1.82) is 0 Å². The molecular weight excluding hydrogens is 126 g/mol. The fourth-order valence-electron chi connectivity index (χ4n) is 0.105. The molecule has 0 heterocycles. The van der Waals surface area contributed by atoms with Crippen LogP contribution in [0.2, 0.25) is 0 Å². The standard InChI is InChI=1S/C4H7NO.C4H10/c1-4(2)5-3-6;1-4(2)3/h4H,1-2H3;4H,1-3H3. The van der Waals surface area contributed by atoms with Crippen molar-refractivity contribution in [2.75, 3.05) is 0 Å². The predicted octanol–water partition coefficient (Wildman–Crippen LogP) is 2.39. The molecule has 0 radical (unpaired) electrons. The van der Waals surface area contributed by atoms with Crippen LogP contribution in [0.3, 0.4) is 0 Å². The highest BCUT2D eigenvalue weighted by atomic mass is 16.1. The number of hydrogen-bond acceptors (Lipinski definition) is 2. The first-order valence-electron chi connectivity index (χ1n) is 3.57. The topological polar surface area (TPSA) is 29.4 Å². The third-order valence-electron chi connectivity index (χ3n) is 0.311. The largest absolute Gasteiger partial charge is 0.235 e. The highest BCUT2D eigenvalue weighted by molar-refractivity contribution is 5.33. The fraction of sp³-hybridized carbons (Fsp3) is 0.875. The first-order chi connectivity index (χ1) is 4.50. The maximum absolute atomic E-state index is 9.32. The second-order valence-electron chi connectivity index (χ2n) is 3.05. The van der Waals surface area contributed by atoms with E-state index in [1.807, 2.05) is 13.8 Å². The summed E-state index contributed by atoms with van der Waals surface area (Å²) in [5.41, 5.74) is 0. The van der Waals surface area contributed by atoms with Crippen molar-refractivity contribution in [3.8, 4) is 0 Å². The van der Waals surface area contributed by atoms with Crippen LogP contribution in [0.1, 0.15) is 34.6 Å². The van der Waals surface area contributed by atoms with Gasteiger partial charge in [0.05, 0.1) is 6.04 Å². The molecule has 0 aromatic rings. The minimum atomic E-state index is 0.0995. The first-order valence-corrected chi connectivity index (χ1v) is 3.57. The molecule has 0 amide bonds. The van der Waals surface area contributed by atoms with Crippen LogP contribution in [0.5, 0.6) is 0 Å². The Kier molecular flexibility index (Phi) is 10.1. The lowest BCUT2D eigenvalue weighted by Crippen LogP contribution is -1.83. The van der Waals surface area contributed by atoms with Gasteiger partial charge < -0.3 is 0 Å². The van der Waals surface area contributed by atoms with Gasteiger partial charge in [0.25, 0.3) is 0 Å². The van der Waals surface area contributed by atoms with Gasteiger partial charge in [0.1, 0.15) is 0 Å². The number of hydrogen-bond donors (Lipinski definition) is 0. The predicted molar refractivity (Wildman–Crippen MR) is 43.8 cm³/mol. The lowest BCUT2D eigenvalue weighted by Gasteiger charge is -1.82. The van der Waals surface area contributed by atoms with Crippen LogP contribution in [0, 0.1) is 5.92 Å². The Morgan fingerprint density at radius 2 is 1.40 bits per heavy atom. The number of aliphatic imine (C=N–C) groups is 1. The Morgan fingerprint density at radius 3 is 1.40 bits per heavy atom. The Bertz CT molecular complexity index is 99.1. The molecule has 0 saturated heterocycles. The summed E-state index contributed by atoms with van der Waals surface area (Å²) in [7, 11) is 0. The Hall–Kier alpha value is -0.620. The number of carbonyl (C=O) groups excluding carboxylic acids is 1. The average molecular weight is 143 g/mol. The van der Waals surface area contributed by atoms with E-state index in [0.717, 1.165) is 5.92 Å². The van der Waals surface area contributed by atoms with E-state index in [9.17, 15) is 4.79 Å². The van der Waals surface area contributed by atoms with Crippen LogP contribution >= 0.6 is 0 Å². The maximum atomic E-state index is 9.32. The molecular formula is C8H17NO. The Labute approximate surface area is 63.4 Å². The highest BCUT2D eigenvalue weighted by Gasteiger charge is 1.78. The normalized spacial score (nSPS) is 8.30. The molecule has 0 spiro atoms. The van der Waals surface area contributed by atoms with Crippen LogP contribution in [0.15, 0.2) is 4.99 Å². The molecule has 0 aromatic heterocycles. The molecule has 0 rings (SSSR count). The van der Waals surface area contributed by atoms with Gasteiger partial charge in [-0.2, -0.15) is 0 Å². The summed E-state index contributed by atoms with van der Waals surface area (Å²) < 4.78 is 0. The third kappa shape index (κ3) is 53.0. The van der Waals surface area contributed by atoms with E-state index < -0.39 is 0 Å². The minimum Gasteiger partial charge on any atom is -0.211 e. The van der Waals surface area contributed by atoms with Gasteiger partial charge in [-0.15, -0.1) is 0 Å². The lowest BCUT2D eigenvalue weighted by atomic mass is 10.3. The van der Waals surface area contributed by atoms with Gasteiger partial charge in [-0.3, -0.25) is 0 Å². The van der Waals surface area contributed by atoms with Crippen LogP contribution in [0.4, 0.5) is 0 Å². The van der Waals surface area contributed by atoms with E-state index in [4.69, 9.17) is 0 Å². The SMILES string of the molecule is CC(C)C.CC(C)N=C=O. The molecule has 2 nitrogen and oxygen atoms in total. The Balaban J connectivity index is 0. The van der Waals surface area contributed by atoms with Crippen molar-refractivity contribution < 1.29 is 4.79 Å². The van der Waals surface area contributed by atoms with E-state index >= 15 is 0 Å². The molecule has 10 heavy (non-hydrogen) atoms. The van der Waals surface area contributed by atoms with Gasteiger partial charge in [0.2, 0.25) is 6.08 Å². The quantitative estimate of drug-likeness (QED) is 0.409. The lowest BCUT2D eigenvalue weighted by molar-refractivity contribution is 0.560. The Morgan fingerprint density at radius 1 is 1.10 bits per heavy atom. The van der Waals surface area contributed by atoms with Crippen LogP contribution in [-0.2, 0) is 4.79 Å². The van der Waals surface area contributed by atoms with Crippen molar-refractivity contribution in [3.63, 3.8) is 0 Å². The molecule has 2 heteroatoms. The number of rotatable bonds is 1. The highest BCUT2D eigenvalue weighted by Crippen LogP contribution is 1.81. The van der Waals surface area contributed by atoms with Crippen molar-refractivity contribution in [3.05, 3.63) is 0 Å². The average Bonchev–Trinajstić information content (AvgIpc) is 1.62. The summed E-state index contributed by atoms with van der Waals surface area (Å²) in [6.45, 7) is 10.1. The first kappa shape index (κ1) is 12.1. The summed E-state index contributed by atoms with van der Waals surface area (Å²) >= 11 is 0. The molecule has 0 bridgehead atoms. The van der Waals surface area contributed by atoms with Gasteiger partial charge in [-0.25, -0.2) is 9.79 Å². The van der Waals surface area contributed by atoms with Crippen molar-refractivity contribution in [1.82, 2.24) is 0 Å². The zero-order valence-corrected chi connectivity index (χ0v) is 7.51. The molecule has 0 aliphatic heterocycles. The molecule has 0 saturated carbocycles. The third-order valence-corrected chi connectivity index (χ3v) is 0.311. The molecule has 0 aromatic carbocycles. The van der Waals surface area contributed by atoms with Gasteiger partial charge in [0, 0.05) is 0 Å². The van der Waals surface area contributed by atoms with E-state index in [2.05, 4.69) is 25.8 Å². The number of isocyanates is 1. The van der Waals surface area contributed by atoms with Crippen molar-refractivity contribution in [2.24, 2.45) is 10.9 Å². The second-order valence-corrected chi connectivity index (χ2v) is 3.05. The van der Waals surface area contributed by atoms with Crippen LogP contribution in [-0.4, -0.2) is 12.1 Å². The van der Waals surface area contributed by atoms with Crippen molar-refractivity contribution >= 4 is 6.08 Å². The van der Waals surface area contributed by atoms with Gasteiger partial charge in [-0.05, 0) is 19.8 Å². The summed E-state index contributed by atoms with van der Waals surface area (Å²) in [5.74, 6) is 0.833. The van der Waals surface area contributed by atoms with E-state index in [0.29, 0.717) is 0 Å². The van der Waals surface area contributed by atoms with E-state index in [-0.39, 0.29) is 6.04 Å². The summed E-state index contributed by atoms with van der Waals surface area (Å²) in [4.78, 5) is 12.6. The second kappa shape index (κ2) is 8.38. The number of nitrogens with zero attached hydrogens (tertiary/aromatic N) is 1. The molecule has 0 atom stereocenters. The monoisotopic (exact) mass is 143 g/mol. The molecule has 60 valence electrons. The summed E-state index contributed by atoms with van der Waals surface area (Å²) in [6.07, 6.45) is 1.44. The summed E-state index contributed by atoms with van der Waals surface area (Å²) in [5, 5.41) is 0. The van der Waals surface area contributed by atoms with Gasteiger partial charge >= 0.3 is 0 Å². The summed E-state index contributed by atoms with van der Waals surface area (Å²) in [6, 6.07) is 0.0995. The molecule has 0 fully saturated rings. The van der Waals surface area contributed by atoms with Gasteiger partial charge in [0.15, 0.2) is 0 Å². The zero-order valence-electron chi connectivity index (χ0n) is 7.51.